The second-order valence-corrected chi connectivity index (χ2v) is 6.01. The third-order valence-corrected chi connectivity index (χ3v) is 3.99. The van der Waals surface area contributed by atoms with E-state index < -0.39 is 0 Å². The maximum absolute atomic E-state index is 11.6. The molecule has 0 saturated carbocycles. The number of hydrogen-bond acceptors (Lipinski definition) is 6. The van der Waals surface area contributed by atoms with Gasteiger partial charge >= 0.3 is 0 Å². The summed E-state index contributed by atoms with van der Waals surface area (Å²) >= 11 is 0. The molecule has 0 N–H and O–H groups in total. The Kier molecular flexibility index (Phi) is 4.12. The van der Waals surface area contributed by atoms with Crippen molar-refractivity contribution in [2.45, 2.75) is 39.9 Å². The second-order valence-electron chi connectivity index (χ2n) is 6.01. The Bertz CT molecular complexity index is 717. The first-order chi connectivity index (χ1) is 11.0. The fourth-order valence-electron chi connectivity index (χ4n) is 2.98. The molecule has 0 bridgehead atoms. The van der Waals surface area contributed by atoms with Crippen LogP contribution in [0.25, 0.3) is 5.82 Å². The summed E-state index contributed by atoms with van der Waals surface area (Å²) in [5.74, 6) is 1.50. The number of ketones is 1. The molecule has 3 heterocycles. The van der Waals surface area contributed by atoms with E-state index >= 15 is 0 Å². The third kappa shape index (κ3) is 3.10. The number of anilines is 1. The van der Waals surface area contributed by atoms with E-state index in [0.29, 0.717) is 11.4 Å². The highest BCUT2D eigenvalue weighted by Gasteiger charge is 2.24. The highest BCUT2D eigenvalue weighted by Crippen LogP contribution is 2.20. The third-order valence-electron chi connectivity index (χ3n) is 3.99. The lowest BCUT2D eigenvalue weighted by Gasteiger charge is -2.36. The molecule has 3 rings (SSSR count). The van der Waals surface area contributed by atoms with E-state index in [2.05, 4.69) is 33.8 Å². The summed E-state index contributed by atoms with van der Waals surface area (Å²) in [6, 6.07) is 1.90. The molecule has 0 radical (unpaired) electrons. The van der Waals surface area contributed by atoms with Gasteiger partial charge in [-0.15, -0.1) is 0 Å². The molecule has 0 aromatic carbocycles. The Labute approximate surface area is 135 Å². The summed E-state index contributed by atoms with van der Waals surface area (Å²) in [4.78, 5) is 22.5. The van der Waals surface area contributed by atoms with Crippen molar-refractivity contribution >= 4 is 11.6 Å². The Morgan fingerprint density at radius 2 is 1.87 bits per heavy atom. The lowest BCUT2D eigenvalue weighted by Crippen LogP contribution is -2.45. The van der Waals surface area contributed by atoms with Gasteiger partial charge in [0.25, 0.3) is 0 Å². The maximum Gasteiger partial charge on any atom is 0.163 e. The quantitative estimate of drug-likeness (QED) is 0.804. The zero-order valence-electron chi connectivity index (χ0n) is 13.9. The molecule has 0 aliphatic carbocycles. The highest BCUT2D eigenvalue weighted by molar-refractivity contribution is 5.95. The number of ether oxygens (including phenoxy) is 1. The predicted molar refractivity (Wildman–Crippen MR) is 86.1 cm³/mol. The van der Waals surface area contributed by atoms with Gasteiger partial charge in [0.1, 0.15) is 12.1 Å². The second kappa shape index (κ2) is 6.08. The first-order valence-electron chi connectivity index (χ1n) is 7.74. The van der Waals surface area contributed by atoms with Crippen molar-refractivity contribution in [3.63, 3.8) is 0 Å². The van der Waals surface area contributed by atoms with E-state index in [1.54, 1.807) is 10.9 Å². The molecule has 1 fully saturated rings. The number of nitrogens with zero attached hydrogens (tertiary/aromatic N) is 5. The first kappa shape index (κ1) is 15.6. The average Bonchev–Trinajstić information content (AvgIpc) is 2.88. The molecule has 0 amide bonds. The van der Waals surface area contributed by atoms with E-state index in [1.165, 1.54) is 13.3 Å². The van der Waals surface area contributed by atoms with E-state index in [1.807, 2.05) is 13.0 Å². The molecule has 7 nitrogen and oxygen atoms in total. The standard InChI is InChI=1S/C16H21N5O2/c1-10-7-20(8-11(2)23-10)15-5-16(18-9-17-15)21-12(3)14(6-19-21)13(4)22/h5-6,9-11H,7-8H2,1-4H3/t10-,11-/m0/s1. The molecule has 2 aromatic rings. The van der Waals surface area contributed by atoms with Crippen molar-refractivity contribution in [2.24, 2.45) is 0 Å². The van der Waals surface area contributed by atoms with Gasteiger partial charge in [-0.05, 0) is 27.7 Å². The van der Waals surface area contributed by atoms with Crippen LogP contribution in [-0.2, 0) is 4.74 Å². The van der Waals surface area contributed by atoms with Crippen molar-refractivity contribution < 1.29 is 9.53 Å². The minimum Gasteiger partial charge on any atom is -0.372 e. The van der Waals surface area contributed by atoms with Gasteiger partial charge in [-0.3, -0.25) is 4.79 Å². The molecular formula is C16H21N5O2. The summed E-state index contributed by atoms with van der Waals surface area (Å²) in [7, 11) is 0. The molecular weight excluding hydrogens is 294 g/mol. The van der Waals surface area contributed by atoms with Crippen LogP contribution < -0.4 is 4.90 Å². The summed E-state index contributed by atoms with van der Waals surface area (Å²) < 4.78 is 7.44. The van der Waals surface area contributed by atoms with Gasteiger partial charge in [-0.25, -0.2) is 14.6 Å². The van der Waals surface area contributed by atoms with Crippen LogP contribution in [0.4, 0.5) is 5.82 Å². The number of hydrogen-bond donors (Lipinski definition) is 0. The van der Waals surface area contributed by atoms with Crippen LogP contribution in [0, 0.1) is 6.92 Å². The van der Waals surface area contributed by atoms with E-state index in [0.717, 1.165) is 24.6 Å². The number of morpholine rings is 1. The lowest BCUT2D eigenvalue weighted by molar-refractivity contribution is -0.00547. The Morgan fingerprint density at radius 3 is 2.48 bits per heavy atom. The number of aromatic nitrogens is 4. The Balaban J connectivity index is 1.93. The van der Waals surface area contributed by atoms with Crippen LogP contribution in [0.3, 0.4) is 0 Å². The highest BCUT2D eigenvalue weighted by atomic mass is 16.5. The lowest BCUT2D eigenvalue weighted by atomic mass is 10.2. The fraction of sp³-hybridized carbons (Fsp3) is 0.500. The minimum atomic E-state index is -0.00106. The number of Topliss-reactive ketones (excluding diaryl/α,β-unsaturated/α-hetero) is 1. The van der Waals surface area contributed by atoms with Crippen LogP contribution >= 0.6 is 0 Å². The van der Waals surface area contributed by atoms with Gasteiger partial charge in [-0.1, -0.05) is 0 Å². The minimum absolute atomic E-state index is 0.00106. The molecule has 7 heteroatoms. The predicted octanol–water partition coefficient (Wildman–Crippen LogP) is 1.79. The smallest absolute Gasteiger partial charge is 0.163 e. The van der Waals surface area contributed by atoms with Gasteiger partial charge in [0, 0.05) is 19.2 Å². The van der Waals surface area contributed by atoms with Crippen molar-refractivity contribution in [3.05, 3.63) is 29.8 Å². The van der Waals surface area contributed by atoms with Crippen molar-refractivity contribution in [1.29, 1.82) is 0 Å². The first-order valence-corrected chi connectivity index (χ1v) is 7.74. The molecule has 0 unspecified atom stereocenters. The van der Waals surface area contributed by atoms with Crippen molar-refractivity contribution in [2.75, 3.05) is 18.0 Å². The van der Waals surface area contributed by atoms with Crippen LogP contribution in [-0.4, -0.2) is 50.8 Å². The molecule has 122 valence electrons. The fourth-order valence-corrected chi connectivity index (χ4v) is 2.98. The van der Waals surface area contributed by atoms with Gasteiger partial charge in [0.2, 0.25) is 0 Å². The van der Waals surface area contributed by atoms with Crippen LogP contribution in [0.15, 0.2) is 18.6 Å². The van der Waals surface area contributed by atoms with Crippen LogP contribution in [0.1, 0.15) is 36.8 Å². The van der Waals surface area contributed by atoms with Crippen molar-refractivity contribution in [1.82, 2.24) is 19.7 Å². The van der Waals surface area contributed by atoms with Gasteiger partial charge in [-0.2, -0.15) is 5.10 Å². The van der Waals surface area contributed by atoms with Gasteiger partial charge in [0.15, 0.2) is 11.6 Å². The topological polar surface area (TPSA) is 73.1 Å². The van der Waals surface area contributed by atoms with E-state index in [-0.39, 0.29) is 18.0 Å². The van der Waals surface area contributed by atoms with Gasteiger partial charge < -0.3 is 9.64 Å². The molecule has 1 aliphatic rings. The summed E-state index contributed by atoms with van der Waals surface area (Å²) in [6.45, 7) is 9.10. The van der Waals surface area contributed by atoms with Crippen LogP contribution in [0.2, 0.25) is 0 Å². The zero-order valence-corrected chi connectivity index (χ0v) is 13.9. The number of carbonyl (C=O) groups excluding carboxylic acids is 1. The maximum atomic E-state index is 11.6. The number of carbonyl (C=O) groups is 1. The van der Waals surface area contributed by atoms with E-state index in [4.69, 9.17) is 4.74 Å². The van der Waals surface area contributed by atoms with Crippen LogP contribution in [0.5, 0.6) is 0 Å². The van der Waals surface area contributed by atoms with E-state index in [9.17, 15) is 4.79 Å². The summed E-state index contributed by atoms with van der Waals surface area (Å²) in [5.41, 5.74) is 1.39. The molecule has 1 aliphatic heterocycles. The molecule has 1 saturated heterocycles. The molecule has 23 heavy (non-hydrogen) atoms. The Morgan fingerprint density at radius 1 is 1.22 bits per heavy atom. The van der Waals surface area contributed by atoms with Gasteiger partial charge in [0.05, 0.1) is 29.7 Å². The number of rotatable bonds is 3. The normalized spacial score (nSPS) is 21.5. The monoisotopic (exact) mass is 315 g/mol. The summed E-state index contributed by atoms with van der Waals surface area (Å²) in [6.07, 6.45) is 3.43. The van der Waals surface area contributed by atoms with Crippen molar-refractivity contribution in [3.8, 4) is 5.82 Å². The molecule has 0 spiro atoms. The summed E-state index contributed by atoms with van der Waals surface area (Å²) in [5, 5.41) is 4.29. The Hall–Kier alpha value is -2.28. The SMILES string of the molecule is CC(=O)c1cnn(-c2cc(N3C[C@H](C)O[C@@H](C)C3)ncn2)c1C. The zero-order chi connectivity index (χ0) is 16.6. The molecule has 2 atom stereocenters. The largest absolute Gasteiger partial charge is 0.372 e. The average molecular weight is 315 g/mol. The molecule has 2 aromatic heterocycles.